The van der Waals surface area contributed by atoms with E-state index in [1.807, 2.05) is 55.7 Å². The number of anilines is 2. The molecule has 5 rings (SSSR count). The van der Waals surface area contributed by atoms with Gasteiger partial charge in [0.2, 0.25) is 0 Å². The Labute approximate surface area is 224 Å². The molecule has 11 nitrogen and oxygen atoms in total. The zero-order valence-electron chi connectivity index (χ0n) is 22.0. The van der Waals surface area contributed by atoms with E-state index in [0.29, 0.717) is 17.2 Å². The van der Waals surface area contributed by atoms with Gasteiger partial charge in [-0.25, -0.2) is 9.78 Å². The highest BCUT2D eigenvalue weighted by Crippen LogP contribution is 2.27. The third-order valence-electron chi connectivity index (χ3n) is 6.04. The fraction of sp³-hybridized carbons (Fsp3) is 0.179. The molecule has 4 N–H and O–H groups in total. The highest BCUT2D eigenvalue weighted by Gasteiger charge is 2.21. The van der Waals surface area contributed by atoms with E-state index >= 15 is 0 Å². The molecule has 0 bridgehead atoms. The SMILES string of the molecule is CNC(=O)c1cc(Oc2ccc3c(c2)ncn3-c2ccc(NC(=O)n3nc(C(C)(C)C)cc3N)cc2)ccn1. The maximum absolute atomic E-state index is 12.8. The van der Waals surface area contributed by atoms with Crippen molar-refractivity contribution >= 4 is 34.5 Å². The maximum Gasteiger partial charge on any atom is 0.348 e. The molecule has 0 saturated carbocycles. The predicted octanol–water partition coefficient (Wildman–Crippen LogP) is 4.73. The Morgan fingerprint density at radius 1 is 0.949 bits per heavy atom. The maximum atomic E-state index is 12.8. The second-order valence-corrected chi connectivity index (χ2v) is 9.92. The average Bonchev–Trinajstić information content (AvgIpc) is 3.52. The third kappa shape index (κ3) is 5.28. The second kappa shape index (κ2) is 9.93. The van der Waals surface area contributed by atoms with Gasteiger partial charge in [0.05, 0.1) is 16.7 Å². The summed E-state index contributed by atoms with van der Waals surface area (Å²) in [6.07, 6.45) is 3.24. The average molecular weight is 525 g/mol. The number of carbonyl (C=O) groups excluding carboxylic acids is 2. The molecule has 39 heavy (non-hydrogen) atoms. The van der Waals surface area contributed by atoms with E-state index in [4.69, 9.17) is 10.5 Å². The number of fused-ring (bicyclic) bond motifs is 1. The van der Waals surface area contributed by atoms with Crippen molar-refractivity contribution in [2.45, 2.75) is 26.2 Å². The van der Waals surface area contributed by atoms with Gasteiger partial charge in [0.15, 0.2) is 0 Å². The van der Waals surface area contributed by atoms with Crippen LogP contribution in [0.25, 0.3) is 16.7 Å². The lowest BCUT2D eigenvalue weighted by Gasteiger charge is -2.14. The lowest BCUT2D eigenvalue weighted by Crippen LogP contribution is -2.23. The number of rotatable bonds is 5. The van der Waals surface area contributed by atoms with Crippen LogP contribution in [0.5, 0.6) is 11.5 Å². The first-order valence-corrected chi connectivity index (χ1v) is 12.2. The van der Waals surface area contributed by atoms with Crippen LogP contribution < -0.4 is 21.1 Å². The summed E-state index contributed by atoms with van der Waals surface area (Å²) in [7, 11) is 1.55. The number of nitrogens with zero attached hydrogens (tertiary/aromatic N) is 5. The Kier molecular flexibility index (Phi) is 6.48. The molecule has 0 spiro atoms. The van der Waals surface area contributed by atoms with E-state index in [1.165, 1.54) is 10.9 Å². The predicted molar refractivity (Wildman–Crippen MR) is 149 cm³/mol. The van der Waals surface area contributed by atoms with Gasteiger partial charge in [-0.05, 0) is 42.5 Å². The van der Waals surface area contributed by atoms with Gasteiger partial charge >= 0.3 is 6.03 Å². The Morgan fingerprint density at radius 2 is 1.69 bits per heavy atom. The molecule has 0 fully saturated rings. The number of hydrogen-bond donors (Lipinski definition) is 3. The van der Waals surface area contributed by atoms with Gasteiger partial charge in [-0.3, -0.25) is 14.3 Å². The summed E-state index contributed by atoms with van der Waals surface area (Å²) in [4.78, 5) is 33.2. The van der Waals surface area contributed by atoms with Crippen molar-refractivity contribution in [2.24, 2.45) is 0 Å². The number of nitrogens with one attached hydrogen (secondary N) is 2. The number of nitrogens with two attached hydrogens (primary N) is 1. The number of nitrogen functional groups attached to an aromatic ring is 1. The van der Waals surface area contributed by atoms with E-state index in [1.54, 1.807) is 43.7 Å². The quantitative estimate of drug-likeness (QED) is 0.302. The first-order chi connectivity index (χ1) is 18.6. The van der Waals surface area contributed by atoms with Gasteiger partial charge in [0.1, 0.15) is 29.3 Å². The molecule has 0 unspecified atom stereocenters. The van der Waals surface area contributed by atoms with Gasteiger partial charge in [0, 0.05) is 48.2 Å². The molecule has 0 radical (unpaired) electrons. The van der Waals surface area contributed by atoms with Crippen LogP contribution in [0, 0.1) is 0 Å². The van der Waals surface area contributed by atoms with Crippen LogP contribution in [-0.2, 0) is 5.41 Å². The van der Waals surface area contributed by atoms with E-state index < -0.39 is 6.03 Å². The van der Waals surface area contributed by atoms with Gasteiger partial charge in [0.25, 0.3) is 5.91 Å². The minimum atomic E-state index is -0.437. The number of carbonyl (C=O) groups is 2. The van der Waals surface area contributed by atoms with Gasteiger partial charge < -0.3 is 21.1 Å². The van der Waals surface area contributed by atoms with Crippen LogP contribution in [0.3, 0.4) is 0 Å². The molecular formula is C28H28N8O3. The fourth-order valence-corrected chi connectivity index (χ4v) is 3.93. The van der Waals surface area contributed by atoms with Crippen molar-refractivity contribution in [3.63, 3.8) is 0 Å². The Hall–Kier alpha value is -5.19. The van der Waals surface area contributed by atoms with E-state index in [9.17, 15) is 9.59 Å². The molecule has 0 atom stereocenters. The molecule has 3 heterocycles. The Balaban J connectivity index is 1.31. The molecule has 0 aliphatic rings. The van der Waals surface area contributed by atoms with Crippen molar-refractivity contribution in [1.29, 1.82) is 0 Å². The normalized spacial score (nSPS) is 11.4. The molecule has 0 aliphatic heterocycles. The lowest BCUT2D eigenvalue weighted by atomic mass is 9.92. The second-order valence-electron chi connectivity index (χ2n) is 9.92. The van der Waals surface area contributed by atoms with Crippen molar-refractivity contribution in [3.05, 3.63) is 84.6 Å². The van der Waals surface area contributed by atoms with Gasteiger partial charge in [-0.2, -0.15) is 9.78 Å². The van der Waals surface area contributed by atoms with Crippen LogP contribution >= 0.6 is 0 Å². The number of hydrogen-bond acceptors (Lipinski definition) is 7. The molecule has 0 aliphatic carbocycles. The third-order valence-corrected chi connectivity index (χ3v) is 6.04. The number of pyridine rings is 1. The highest BCUT2D eigenvalue weighted by molar-refractivity contribution is 5.93. The molecular weight excluding hydrogens is 496 g/mol. The van der Waals surface area contributed by atoms with Gasteiger partial charge in [-0.15, -0.1) is 0 Å². The molecule has 2 amide bonds. The van der Waals surface area contributed by atoms with Gasteiger partial charge in [-0.1, -0.05) is 20.8 Å². The minimum absolute atomic E-state index is 0.225. The number of ether oxygens (including phenoxy) is 1. The summed E-state index contributed by atoms with van der Waals surface area (Å²) < 4.78 is 9.03. The molecule has 198 valence electrons. The first-order valence-electron chi connectivity index (χ1n) is 12.2. The van der Waals surface area contributed by atoms with Crippen LogP contribution in [0.2, 0.25) is 0 Å². The van der Waals surface area contributed by atoms with E-state index in [2.05, 4.69) is 25.7 Å². The summed E-state index contributed by atoms with van der Waals surface area (Å²) >= 11 is 0. The lowest BCUT2D eigenvalue weighted by molar-refractivity contribution is 0.0957. The standard InChI is InChI=1S/C28H28N8O3/c1-28(2,3)24-15-25(29)36(34-24)27(38)33-17-5-7-18(8-6-17)35-16-32-21-13-19(9-10-23(21)35)39-20-11-12-31-22(14-20)26(37)30-4/h5-16H,29H2,1-4H3,(H,30,37)(H,33,38). The Morgan fingerprint density at radius 3 is 2.38 bits per heavy atom. The number of benzene rings is 2. The Bertz CT molecular complexity index is 1680. The summed E-state index contributed by atoms with van der Waals surface area (Å²) in [5, 5.41) is 9.73. The zero-order chi connectivity index (χ0) is 27.7. The molecule has 3 aromatic heterocycles. The van der Waals surface area contributed by atoms with Crippen LogP contribution in [-0.4, -0.2) is 43.3 Å². The molecule has 11 heteroatoms. The molecule has 2 aromatic carbocycles. The topological polar surface area (TPSA) is 142 Å². The van der Waals surface area contributed by atoms with Crippen molar-refractivity contribution < 1.29 is 14.3 Å². The summed E-state index contributed by atoms with van der Waals surface area (Å²) in [5.74, 6) is 1.05. The van der Waals surface area contributed by atoms with E-state index in [0.717, 1.165) is 22.4 Å². The van der Waals surface area contributed by atoms with Crippen molar-refractivity contribution in [2.75, 3.05) is 18.1 Å². The first kappa shape index (κ1) is 25.5. The smallest absolute Gasteiger partial charge is 0.348 e. The number of amides is 2. The van der Waals surface area contributed by atoms with Crippen molar-refractivity contribution in [1.82, 2.24) is 29.6 Å². The monoisotopic (exact) mass is 524 g/mol. The summed E-state index contributed by atoms with van der Waals surface area (Å²) in [5.41, 5.74) is 9.86. The van der Waals surface area contributed by atoms with E-state index in [-0.39, 0.29) is 22.8 Å². The summed E-state index contributed by atoms with van der Waals surface area (Å²) in [6.45, 7) is 6.03. The van der Waals surface area contributed by atoms with Crippen molar-refractivity contribution in [3.8, 4) is 17.2 Å². The van der Waals surface area contributed by atoms with Crippen LogP contribution in [0.15, 0.2) is 73.2 Å². The largest absolute Gasteiger partial charge is 0.457 e. The highest BCUT2D eigenvalue weighted by atomic mass is 16.5. The zero-order valence-corrected chi connectivity index (χ0v) is 22.0. The molecule has 0 saturated heterocycles. The fourth-order valence-electron chi connectivity index (χ4n) is 3.93. The number of aromatic nitrogens is 5. The number of imidazole rings is 1. The van der Waals surface area contributed by atoms with Crippen LogP contribution in [0.1, 0.15) is 37.0 Å². The summed E-state index contributed by atoms with van der Waals surface area (Å²) in [6, 6.07) is 17.4. The molecule has 5 aromatic rings. The van der Waals surface area contributed by atoms with Crippen LogP contribution in [0.4, 0.5) is 16.3 Å². The minimum Gasteiger partial charge on any atom is -0.457 e.